The zero-order valence-corrected chi connectivity index (χ0v) is 15.8. The van der Waals surface area contributed by atoms with Crippen molar-refractivity contribution < 1.29 is 0 Å². The monoisotopic (exact) mass is 352 g/mol. The van der Waals surface area contributed by atoms with Gasteiger partial charge in [-0.25, -0.2) is 0 Å². The van der Waals surface area contributed by atoms with Crippen molar-refractivity contribution in [3.05, 3.63) is 83.9 Å². The van der Waals surface area contributed by atoms with Crippen LogP contribution in [-0.4, -0.2) is 0 Å². The van der Waals surface area contributed by atoms with E-state index in [-0.39, 0.29) is 12.4 Å². The van der Waals surface area contributed by atoms with E-state index in [1.807, 2.05) is 0 Å². The second-order valence-electron chi connectivity index (χ2n) is 6.68. The Morgan fingerprint density at radius 3 is 1.20 bits per heavy atom. The average molecular weight is 353 g/mol. The van der Waals surface area contributed by atoms with Gasteiger partial charge >= 0.3 is 0 Å². The van der Waals surface area contributed by atoms with Gasteiger partial charge in [-0.15, -0.1) is 12.4 Å². The van der Waals surface area contributed by atoms with Gasteiger partial charge in [0.2, 0.25) is 0 Å². The molecule has 0 saturated heterocycles. The second-order valence-corrected chi connectivity index (χ2v) is 6.68. The maximum absolute atomic E-state index is 2.39. The molecule has 0 atom stereocenters. The minimum absolute atomic E-state index is 0. The normalized spacial score (nSPS) is 16.5. The van der Waals surface area contributed by atoms with Gasteiger partial charge in [-0.05, 0) is 73.6 Å². The number of rotatable bonds is 2. The van der Waals surface area contributed by atoms with Crippen LogP contribution in [-0.2, 0) is 0 Å². The average Bonchev–Trinajstić information content (AvgIpc) is 2.71. The van der Waals surface area contributed by atoms with Gasteiger partial charge < -0.3 is 0 Å². The van der Waals surface area contributed by atoms with Crippen LogP contribution in [0.4, 0.5) is 0 Å². The first kappa shape index (κ1) is 19.5. The molecule has 0 bridgehead atoms. The highest BCUT2D eigenvalue weighted by Crippen LogP contribution is 2.26. The summed E-state index contributed by atoms with van der Waals surface area (Å²) in [5, 5.41) is 0. The maximum atomic E-state index is 2.39. The van der Waals surface area contributed by atoms with Gasteiger partial charge in [0, 0.05) is 0 Å². The number of hydrogen-bond acceptors (Lipinski definition) is 0. The molecule has 0 fully saturated rings. The van der Waals surface area contributed by atoms with E-state index in [1.54, 1.807) is 11.1 Å². The van der Waals surface area contributed by atoms with Crippen molar-refractivity contribution in [3.63, 3.8) is 0 Å². The van der Waals surface area contributed by atoms with Crippen LogP contribution in [0.25, 0.3) is 11.1 Å². The Hall–Kier alpha value is -1.79. The van der Waals surface area contributed by atoms with Gasteiger partial charge in [-0.2, -0.15) is 0 Å². The molecule has 2 aromatic carbocycles. The Balaban J connectivity index is 0.000000173. The quantitative estimate of drug-likeness (QED) is 0.519. The Kier molecular flexibility index (Phi) is 8.55. The molecule has 132 valence electrons. The van der Waals surface area contributed by atoms with Crippen LogP contribution in [0.3, 0.4) is 0 Å². The minimum Gasteiger partial charge on any atom is -0.147 e. The zero-order chi connectivity index (χ0) is 16.5. The summed E-state index contributed by atoms with van der Waals surface area (Å²) in [6.07, 6.45) is 15.3. The van der Waals surface area contributed by atoms with Gasteiger partial charge in [-0.3, -0.25) is 0 Å². The van der Waals surface area contributed by atoms with Crippen LogP contribution in [0.2, 0.25) is 0 Å². The summed E-state index contributed by atoms with van der Waals surface area (Å²) in [7, 11) is 0. The molecule has 1 heteroatoms. The van der Waals surface area contributed by atoms with Gasteiger partial charge in [0.25, 0.3) is 0 Å². The molecule has 0 N–H and O–H groups in total. The van der Waals surface area contributed by atoms with E-state index >= 15 is 0 Å². The first-order valence-corrected chi connectivity index (χ1v) is 9.42. The fraction of sp³-hybridized carbons (Fsp3) is 0.333. The van der Waals surface area contributed by atoms with Crippen molar-refractivity contribution >= 4 is 23.6 Å². The summed E-state index contributed by atoms with van der Waals surface area (Å²) in [5.41, 5.74) is 5.91. The van der Waals surface area contributed by atoms with E-state index in [2.05, 4.69) is 72.8 Å². The summed E-state index contributed by atoms with van der Waals surface area (Å²) in [5.74, 6) is 0. The third-order valence-corrected chi connectivity index (χ3v) is 4.87. The Morgan fingerprint density at radius 2 is 0.880 bits per heavy atom. The van der Waals surface area contributed by atoms with Crippen LogP contribution in [0, 0.1) is 0 Å². The Labute approximate surface area is 159 Å². The van der Waals surface area contributed by atoms with Crippen molar-refractivity contribution in [1.82, 2.24) is 0 Å². The summed E-state index contributed by atoms with van der Waals surface area (Å²) in [6, 6.07) is 21.4. The van der Waals surface area contributed by atoms with Crippen molar-refractivity contribution in [2.45, 2.75) is 51.4 Å². The zero-order valence-electron chi connectivity index (χ0n) is 15.0. The van der Waals surface area contributed by atoms with Gasteiger partial charge in [0.1, 0.15) is 0 Å². The van der Waals surface area contributed by atoms with Gasteiger partial charge in [-0.1, -0.05) is 72.8 Å². The number of benzene rings is 2. The molecule has 0 aromatic heterocycles. The van der Waals surface area contributed by atoms with Crippen molar-refractivity contribution in [1.29, 1.82) is 0 Å². The molecule has 0 amide bonds. The van der Waals surface area contributed by atoms with E-state index in [0.717, 1.165) is 0 Å². The third-order valence-electron chi connectivity index (χ3n) is 4.87. The molecule has 0 radical (unpaired) electrons. The second kappa shape index (κ2) is 10.9. The van der Waals surface area contributed by atoms with Crippen LogP contribution < -0.4 is 0 Å². The summed E-state index contributed by atoms with van der Waals surface area (Å²) >= 11 is 0. The largest absolute Gasteiger partial charge is 0.147 e. The molecule has 25 heavy (non-hydrogen) atoms. The van der Waals surface area contributed by atoms with Crippen molar-refractivity contribution in [3.8, 4) is 0 Å². The molecule has 2 aromatic rings. The number of hydrogen-bond donors (Lipinski definition) is 0. The molecule has 0 heterocycles. The molecule has 2 aliphatic rings. The van der Waals surface area contributed by atoms with E-state index < -0.39 is 0 Å². The van der Waals surface area contributed by atoms with E-state index in [4.69, 9.17) is 0 Å². The van der Waals surface area contributed by atoms with Crippen molar-refractivity contribution in [2.75, 3.05) is 0 Å². The summed E-state index contributed by atoms with van der Waals surface area (Å²) < 4.78 is 0. The molecule has 2 aliphatic carbocycles. The standard InChI is InChI=1S/2C12H14.ClH/c2*1-3-7-11(8-4-1)12-9-5-2-6-10-12;/h2*1,3-4,7-9H,2,5-6,10H2;1H. The highest BCUT2D eigenvalue weighted by atomic mass is 35.5. The molecule has 0 saturated carbocycles. The third kappa shape index (κ3) is 6.21. The predicted octanol–water partition coefficient (Wildman–Crippen LogP) is 7.71. The number of allylic oxidation sites excluding steroid dienone is 4. The highest BCUT2D eigenvalue weighted by molar-refractivity contribution is 5.85. The smallest absolute Gasteiger partial charge is 0.0228 e. The topological polar surface area (TPSA) is 0 Å². The molecular formula is C24H29Cl. The van der Waals surface area contributed by atoms with E-state index in [1.165, 1.54) is 62.5 Å². The molecule has 0 aliphatic heterocycles. The van der Waals surface area contributed by atoms with Gasteiger partial charge in [0.05, 0.1) is 0 Å². The fourth-order valence-electron chi connectivity index (χ4n) is 3.51. The lowest BCUT2D eigenvalue weighted by Gasteiger charge is -2.12. The molecule has 0 spiro atoms. The summed E-state index contributed by atoms with van der Waals surface area (Å²) in [6.45, 7) is 0. The first-order valence-electron chi connectivity index (χ1n) is 9.42. The lowest BCUT2D eigenvalue weighted by molar-refractivity contribution is 0.742. The maximum Gasteiger partial charge on any atom is -0.0228 e. The fourth-order valence-corrected chi connectivity index (χ4v) is 3.51. The Bertz CT molecular complexity index is 606. The van der Waals surface area contributed by atoms with Crippen LogP contribution in [0.1, 0.15) is 62.5 Å². The molecule has 0 unspecified atom stereocenters. The SMILES string of the molecule is C1=C(c2ccccc2)CCCC1.C1=C(c2ccccc2)CCCC1.Cl. The highest BCUT2D eigenvalue weighted by Gasteiger charge is 2.05. The van der Waals surface area contributed by atoms with Gasteiger partial charge in [0.15, 0.2) is 0 Å². The Morgan fingerprint density at radius 1 is 0.480 bits per heavy atom. The van der Waals surface area contributed by atoms with E-state index in [0.29, 0.717) is 0 Å². The molecule has 4 rings (SSSR count). The first-order chi connectivity index (χ1) is 11.9. The van der Waals surface area contributed by atoms with Crippen LogP contribution >= 0.6 is 12.4 Å². The van der Waals surface area contributed by atoms with Crippen molar-refractivity contribution in [2.24, 2.45) is 0 Å². The van der Waals surface area contributed by atoms with E-state index in [9.17, 15) is 0 Å². The lowest BCUT2D eigenvalue weighted by Crippen LogP contribution is -1.90. The molecule has 0 nitrogen and oxygen atoms in total. The molecular weight excluding hydrogens is 324 g/mol. The van der Waals surface area contributed by atoms with Crippen LogP contribution in [0.15, 0.2) is 72.8 Å². The minimum atomic E-state index is 0. The lowest BCUT2D eigenvalue weighted by atomic mass is 9.94. The van der Waals surface area contributed by atoms with Crippen LogP contribution in [0.5, 0.6) is 0 Å². The predicted molar refractivity (Wildman–Crippen MR) is 113 cm³/mol. The summed E-state index contributed by atoms with van der Waals surface area (Å²) in [4.78, 5) is 0. The number of halogens is 1.